The summed E-state index contributed by atoms with van der Waals surface area (Å²) in [7, 11) is 2.82. The van der Waals surface area contributed by atoms with Crippen LogP contribution in [-0.2, 0) is 14.3 Å². The van der Waals surface area contributed by atoms with E-state index in [1.54, 1.807) is 0 Å². The van der Waals surface area contributed by atoms with E-state index in [2.05, 4.69) is 11.8 Å². The Bertz CT molecular complexity index is 124. The first-order valence-corrected chi connectivity index (χ1v) is 2.33. The number of hydrogen-bond acceptors (Lipinski definition) is 3. The molecule has 0 saturated carbocycles. The van der Waals surface area contributed by atoms with E-state index >= 15 is 0 Å². The number of carbonyl (C=O) groups excluding carboxylic acids is 1. The summed E-state index contributed by atoms with van der Waals surface area (Å²) in [5.41, 5.74) is 0. The van der Waals surface area contributed by atoms with Crippen LogP contribution in [0.15, 0.2) is 0 Å². The molecule has 5 heteroatoms. The van der Waals surface area contributed by atoms with Crippen LogP contribution in [0.25, 0.3) is 0 Å². The minimum absolute atomic E-state index is 0. The quantitative estimate of drug-likeness (QED) is 0.544. The van der Waals surface area contributed by atoms with Crippen molar-refractivity contribution in [3.63, 3.8) is 0 Å². The maximum atomic E-state index is 10.2. The molecule has 0 unspecified atom stereocenters. The Balaban J connectivity index is -0.000000320. The predicted octanol–water partition coefficient (Wildman–Crippen LogP) is 0.636. The van der Waals surface area contributed by atoms with Gasteiger partial charge >= 0.3 is 5.97 Å². The first-order valence-electron chi connectivity index (χ1n) is 2.33. The number of aliphatic carboxylic acids is 1. The number of carbonyl (C=O) groups is 2. The van der Waals surface area contributed by atoms with Crippen molar-refractivity contribution in [3.8, 4) is 0 Å². The molecule has 0 radical (unpaired) electrons. The summed E-state index contributed by atoms with van der Waals surface area (Å²) >= 11 is 0. The van der Waals surface area contributed by atoms with E-state index in [0.717, 1.165) is 0 Å². The Morgan fingerprint density at radius 3 is 2.09 bits per heavy atom. The number of esters is 1. The summed E-state index contributed by atoms with van der Waals surface area (Å²) in [5.74, 6) is -1.61. The third-order valence-corrected chi connectivity index (χ3v) is 0.704. The van der Waals surface area contributed by atoms with E-state index < -0.39 is 11.9 Å². The summed E-state index contributed by atoms with van der Waals surface area (Å²) in [4.78, 5) is 20.0. The van der Waals surface area contributed by atoms with E-state index in [1.807, 2.05) is 0 Å². The smallest absolute Gasteiger partial charge is 0.303 e. The molecule has 11 heavy (non-hydrogen) atoms. The molecule has 0 aromatic heterocycles. The van der Waals surface area contributed by atoms with Gasteiger partial charge in [-0.3, -0.25) is 9.59 Å². The van der Waals surface area contributed by atoms with Gasteiger partial charge in [-0.2, -0.15) is 7.11 Å². The van der Waals surface area contributed by atoms with Crippen LogP contribution >= 0.6 is 0 Å². The average molecular weight is 414 g/mol. The molecule has 62 valence electrons. The van der Waals surface area contributed by atoms with Crippen molar-refractivity contribution in [2.45, 2.75) is 12.8 Å². The van der Waals surface area contributed by atoms with Crippen LogP contribution in [0.5, 0.6) is 0 Å². The van der Waals surface area contributed by atoms with Crippen molar-refractivity contribution in [3.05, 3.63) is 14.5 Å². The van der Waals surface area contributed by atoms with Crippen molar-refractivity contribution >= 4 is 11.9 Å². The molecule has 4 nitrogen and oxygen atoms in total. The Labute approximate surface area is 59.8 Å². The fourth-order valence-corrected chi connectivity index (χ4v) is 0.281. The standard InChI is InChI=1S/C5H7O4.CH3.Db/c1-9-5(8)3-2-4(6)7;;/h1-3H2,(H,6,7);1H3;/q2*-1;. The SMILES string of the molecule is [CH2-]OC(=O)CCC(=O)O.[CH3-].[Db]. The molecule has 0 saturated heterocycles. The Hall–Kier alpha value is -2.06. The predicted molar refractivity (Wildman–Crippen MR) is 34.7 cm³/mol. The molecule has 0 rings (SSSR count). The zero-order valence-corrected chi connectivity index (χ0v) is 12.9. The normalized spacial score (nSPS) is 7.00. The monoisotopic (exact) mass is 414 g/mol. The summed E-state index contributed by atoms with van der Waals surface area (Å²) < 4.78 is 3.95. The van der Waals surface area contributed by atoms with Crippen LogP contribution in [0.3, 0.4) is 0 Å². The van der Waals surface area contributed by atoms with Gasteiger partial charge in [0, 0.05) is 0 Å². The van der Waals surface area contributed by atoms with Crippen molar-refractivity contribution in [1.29, 1.82) is 0 Å². The minimum atomic E-state index is -1.01. The van der Waals surface area contributed by atoms with Crippen LogP contribution in [0, 0.1) is 14.5 Å². The van der Waals surface area contributed by atoms with E-state index in [9.17, 15) is 9.59 Å². The van der Waals surface area contributed by atoms with Gasteiger partial charge in [0.25, 0.3) is 5.97 Å². The molecule has 0 amide bonds. The van der Waals surface area contributed by atoms with Gasteiger partial charge in [-0.1, -0.05) is 0 Å². The van der Waals surface area contributed by atoms with Crippen molar-refractivity contribution in [2.75, 3.05) is 0 Å². The second-order valence-electron chi connectivity index (χ2n) is 1.41. The molecule has 0 aromatic carbocycles. The minimum Gasteiger partial charge on any atom is -0.640 e. The Kier molecular flexibility index (Phi) is 11.5. The molecule has 0 aliphatic carbocycles. The maximum absolute atomic E-state index is 10.2. The van der Waals surface area contributed by atoms with Gasteiger partial charge in [0.05, 0.1) is 12.8 Å². The third kappa shape index (κ3) is 11.5. The van der Waals surface area contributed by atoms with Crippen LogP contribution < -0.4 is 0 Å². The summed E-state index contributed by atoms with van der Waals surface area (Å²) in [6.45, 7) is 0. The molecule has 0 atom stereocenters. The number of ether oxygens (including phenoxy) is 1. The molecule has 0 fully saturated rings. The molecule has 0 heterocycles. The third-order valence-electron chi connectivity index (χ3n) is 0.704. The van der Waals surface area contributed by atoms with Gasteiger partial charge in [0.15, 0.2) is 0 Å². The largest absolute Gasteiger partial charge is 0.640 e. The number of hydrogen-bond donors (Lipinski definition) is 1. The Morgan fingerprint density at radius 1 is 1.36 bits per heavy atom. The second-order valence-corrected chi connectivity index (χ2v) is 1.41. The summed E-state index contributed by atoms with van der Waals surface area (Å²) in [5, 5.41) is 8.03. The zero-order chi connectivity index (χ0) is 7.28. The Morgan fingerprint density at radius 2 is 1.82 bits per heavy atom. The maximum Gasteiger partial charge on any atom is 0.303 e. The topological polar surface area (TPSA) is 63.6 Å². The van der Waals surface area contributed by atoms with E-state index in [4.69, 9.17) is 5.11 Å². The van der Waals surface area contributed by atoms with Crippen molar-refractivity contribution in [2.24, 2.45) is 0 Å². The molecule has 0 spiro atoms. The van der Waals surface area contributed by atoms with Crippen LogP contribution in [0.4, 0.5) is 0 Å². The van der Waals surface area contributed by atoms with Gasteiger partial charge in [0.1, 0.15) is 0 Å². The van der Waals surface area contributed by atoms with Crippen LogP contribution in [0.2, 0.25) is 0 Å². The number of rotatable bonds is 3. The van der Waals surface area contributed by atoms with Crippen LogP contribution in [0.1, 0.15) is 12.8 Å². The van der Waals surface area contributed by atoms with E-state index in [0.29, 0.717) is 0 Å². The van der Waals surface area contributed by atoms with E-state index in [1.165, 1.54) is 0 Å². The number of carboxylic acid groups (broad SMARTS) is 1. The molecule has 0 bridgehead atoms. The summed E-state index contributed by atoms with van der Waals surface area (Å²) in [6, 6.07) is 0. The molecular weight excluding hydrogens is 404 g/mol. The van der Waals surface area contributed by atoms with Crippen molar-refractivity contribution < 1.29 is 19.4 Å². The fraction of sp³-hybridized carbons (Fsp3) is 0.333. The number of carboxylic acids is 1. The van der Waals surface area contributed by atoms with E-state index in [-0.39, 0.29) is 20.3 Å². The molecule has 0 aliphatic heterocycles. The van der Waals surface area contributed by atoms with Gasteiger partial charge in [-0.25, -0.2) is 0 Å². The van der Waals surface area contributed by atoms with Gasteiger partial charge in [-0.05, 0) is 0 Å². The molecular formula is C6H10DbO4-2. The molecule has 0 aromatic rings. The van der Waals surface area contributed by atoms with Crippen LogP contribution in [-0.4, -0.2) is 17.0 Å². The fourth-order valence-electron chi connectivity index (χ4n) is 0.281. The first kappa shape index (κ1) is 16.0. The summed E-state index contributed by atoms with van der Waals surface area (Å²) in [6.07, 6.45) is -0.312. The van der Waals surface area contributed by atoms with Crippen molar-refractivity contribution in [1.82, 2.24) is 0 Å². The van der Waals surface area contributed by atoms with Gasteiger partial charge in [0.2, 0.25) is 0 Å². The second kappa shape index (κ2) is 7.94. The first-order chi connectivity index (χ1) is 4.16. The van der Waals surface area contributed by atoms with Gasteiger partial charge in [-0.15, -0.1) is 0 Å². The average Bonchev–Trinajstić information content (AvgIpc) is 1.83. The molecule has 0 aliphatic rings. The zero-order valence-electron chi connectivity index (χ0n) is 6.50. The van der Waals surface area contributed by atoms with Gasteiger partial charge < -0.3 is 17.3 Å². The molecule has 1 N–H and O–H groups in total.